The second-order valence-corrected chi connectivity index (χ2v) is 7.08. The van der Waals surface area contributed by atoms with E-state index in [2.05, 4.69) is 10.1 Å². The van der Waals surface area contributed by atoms with Crippen molar-refractivity contribution in [3.05, 3.63) is 76.7 Å². The van der Waals surface area contributed by atoms with E-state index in [4.69, 9.17) is 5.41 Å². The SMILES string of the molecule is COC(=O)c1ccc(CN2C=C(C(=O)Nc3ccc(F)c(C(F)(F)F)c3)C(=N)CC2)cc1. The van der Waals surface area contributed by atoms with Crippen LogP contribution in [-0.4, -0.2) is 36.1 Å². The quantitative estimate of drug-likeness (QED) is 0.524. The van der Waals surface area contributed by atoms with Crippen molar-refractivity contribution in [1.29, 1.82) is 5.41 Å². The topological polar surface area (TPSA) is 82.5 Å². The molecule has 2 aromatic rings. The van der Waals surface area contributed by atoms with Gasteiger partial charge in [-0.15, -0.1) is 0 Å². The number of halogens is 4. The van der Waals surface area contributed by atoms with Crippen LogP contribution in [0.25, 0.3) is 0 Å². The summed E-state index contributed by atoms with van der Waals surface area (Å²) >= 11 is 0. The molecular weight excluding hydrogens is 430 g/mol. The van der Waals surface area contributed by atoms with Crippen molar-refractivity contribution in [2.75, 3.05) is 19.0 Å². The summed E-state index contributed by atoms with van der Waals surface area (Å²) in [6.07, 6.45) is -3.18. The van der Waals surface area contributed by atoms with Gasteiger partial charge in [0.05, 0.1) is 23.8 Å². The number of rotatable bonds is 5. The first kappa shape index (κ1) is 23.0. The molecule has 2 aromatic carbocycles. The molecule has 168 valence electrons. The van der Waals surface area contributed by atoms with Crippen molar-refractivity contribution in [2.45, 2.75) is 19.1 Å². The molecule has 10 heteroatoms. The summed E-state index contributed by atoms with van der Waals surface area (Å²) in [6.45, 7) is 0.851. The number of nitrogens with zero attached hydrogens (tertiary/aromatic N) is 1. The Labute approximate surface area is 181 Å². The van der Waals surface area contributed by atoms with Crippen molar-refractivity contribution >= 4 is 23.3 Å². The predicted molar refractivity (Wildman–Crippen MR) is 109 cm³/mol. The zero-order valence-electron chi connectivity index (χ0n) is 16.9. The molecule has 0 fully saturated rings. The smallest absolute Gasteiger partial charge is 0.419 e. The zero-order chi connectivity index (χ0) is 23.5. The Morgan fingerprint density at radius 3 is 2.47 bits per heavy atom. The highest BCUT2D eigenvalue weighted by Crippen LogP contribution is 2.33. The van der Waals surface area contributed by atoms with Crippen LogP contribution in [0.4, 0.5) is 23.2 Å². The standard InChI is InChI=1S/C22H19F4N3O3/c1-32-21(31)14-4-2-13(3-5-14)11-29-9-8-19(27)16(12-29)20(30)28-15-6-7-18(23)17(10-15)22(24,25)26/h2-7,10,12,27H,8-9,11H2,1H3,(H,28,30). The molecule has 1 aliphatic rings. The average molecular weight is 449 g/mol. The van der Waals surface area contributed by atoms with Gasteiger partial charge in [0.1, 0.15) is 5.82 Å². The van der Waals surface area contributed by atoms with Gasteiger partial charge in [-0.05, 0) is 35.9 Å². The molecule has 6 nitrogen and oxygen atoms in total. The molecule has 0 saturated carbocycles. The van der Waals surface area contributed by atoms with E-state index in [0.29, 0.717) is 30.8 Å². The number of esters is 1. The van der Waals surface area contributed by atoms with Crippen LogP contribution in [0.2, 0.25) is 0 Å². The molecule has 0 saturated heterocycles. The second-order valence-electron chi connectivity index (χ2n) is 7.08. The van der Waals surface area contributed by atoms with Gasteiger partial charge in [0.15, 0.2) is 0 Å². The Bertz CT molecular complexity index is 1080. The van der Waals surface area contributed by atoms with E-state index in [1.165, 1.54) is 13.3 Å². The number of nitrogens with one attached hydrogen (secondary N) is 2. The van der Waals surface area contributed by atoms with E-state index in [1.54, 1.807) is 29.2 Å². The molecule has 0 spiro atoms. The summed E-state index contributed by atoms with van der Waals surface area (Å²) in [5.74, 6) is -2.67. The summed E-state index contributed by atoms with van der Waals surface area (Å²) in [4.78, 5) is 25.9. The van der Waals surface area contributed by atoms with Gasteiger partial charge in [0, 0.05) is 37.1 Å². The molecule has 1 heterocycles. The molecule has 1 aliphatic heterocycles. The van der Waals surface area contributed by atoms with Crippen molar-refractivity contribution < 1.29 is 31.9 Å². The highest BCUT2D eigenvalue weighted by molar-refractivity contribution is 6.24. The number of alkyl halides is 3. The third-order valence-electron chi connectivity index (χ3n) is 4.82. The van der Waals surface area contributed by atoms with Gasteiger partial charge < -0.3 is 20.4 Å². The largest absolute Gasteiger partial charge is 0.465 e. The summed E-state index contributed by atoms with van der Waals surface area (Å²) < 4.78 is 56.8. The molecule has 1 amide bonds. The molecule has 2 N–H and O–H groups in total. The third kappa shape index (κ3) is 5.32. The van der Waals surface area contributed by atoms with Gasteiger partial charge >= 0.3 is 12.1 Å². The number of hydrogen-bond acceptors (Lipinski definition) is 5. The lowest BCUT2D eigenvalue weighted by Crippen LogP contribution is -2.32. The number of methoxy groups -OCH3 is 1. The van der Waals surface area contributed by atoms with Gasteiger partial charge in [-0.3, -0.25) is 4.79 Å². The molecule has 0 radical (unpaired) electrons. The van der Waals surface area contributed by atoms with E-state index in [0.717, 1.165) is 11.6 Å². The lowest BCUT2D eigenvalue weighted by molar-refractivity contribution is -0.140. The number of benzene rings is 2. The van der Waals surface area contributed by atoms with Gasteiger partial charge in [-0.25, -0.2) is 9.18 Å². The maximum atomic E-state index is 13.5. The highest BCUT2D eigenvalue weighted by atomic mass is 19.4. The Morgan fingerprint density at radius 2 is 1.84 bits per heavy atom. The molecule has 3 rings (SSSR count). The number of anilines is 1. The van der Waals surface area contributed by atoms with Gasteiger partial charge in [0.25, 0.3) is 5.91 Å². The Hall–Kier alpha value is -3.69. The number of carbonyl (C=O) groups excluding carboxylic acids is 2. The first-order chi connectivity index (χ1) is 15.1. The van der Waals surface area contributed by atoms with Crippen LogP contribution in [0.15, 0.2) is 54.2 Å². The fourth-order valence-electron chi connectivity index (χ4n) is 3.15. The fourth-order valence-corrected chi connectivity index (χ4v) is 3.15. The van der Waals surface area contributed by atoms with Crippen molar-refractivity contribution in [3.8, 4) is 0 Å². The van der Waals surface area contributed by atoms with Crippen LogP contribution in [0, 0.1) is 11.2 Å². The summed E-state index contributed by atoms with van der Waals surface area (Å²) in [7, 11) is 1.28. The summed E-state index contributed by atoms with van der Waals surface area (Å²) in [6, 6.07) is 8.85. The molecule has 0 unspecified atom stereocenters. The molecule has 0 aromatic heterocycles. The minimum absolute atomic E-state index is 0.000291. The maximum Gasteiger partial charge on any atom is 0.419 e. The molecular formula is C22H19F4N3O3. The lowest BCUT2D eigenvalue weighted by atomic mass is 10.0. The highest BCUT2D eigenvalue weighted by Gasteiger charge is 2.34. The Balaban J connectivity index is 1.74. The summed E-state index contributed by atoms with van der Waals surface area (Å²) in [5.41, 5.74) is -0.438. The average Bonchev–Trinajstić information content (AvgIpc) is 2.75. The number of ether oxygens (including phenoxy) is 1. The van der Waals surface area contributed by atoms with Crippen LogP contribution in [0.5, 0.6) is 0 Å². The molecule has 0 bridgehead atoms. The minimum atomic E-state index is -4.90. The van der Waals surface area contributed by atoms with Crippen LogP contribution >= 0.6 is 0 Å². The van der Waals surface area contributed by atoms with Gasteiger partial charge in [0.2, 0.25) is 0 Å². The molecule has 32 heavy (non-hydrogen) atoms. The Kier molecular flexibility index (Phi) is 6.61. The van der Waals surface area contributed by atoms with E-state index in [9.17, 15) is 27.2 Å². The van der Waals surface area contributed by atoms with Crippen LogP contribution in [0.3, 0.4) is 0 Å². The zero-order valence-corrected chi connectivity index (χ0v) is 16.9. The second kappa shape index (κ2) is 9.21. The molecule has 0 atom stereocenters. The summed E-state index contributed by atoms with van der Waals surface area (Å²) in [5, 5.41) is 10.3. The van der Waals surface area contributed by atoms with E-state index in [-0.39, 0.29) is 23.4 Å². The van der Waals surface area contributed by atoms with Crippen molar-refractivity contribution in [1.82, 2.24) is 4.90 Å². The van der Waals surface area contributed by atoms with Crippen LogP contribution in [-0.2, 0) is 22.3 Å². The maximum absolute atomic E-state index is 13.5. The first-order valence-corrected chi connectivity index (χ1v) is 9.47. The van der Waals surface area contributed by atoms with Crippen molar-refractivity contribution in [3.63, 3.8) is 0 Å². The lowest BCUT2D eigenvalue weighted by Gasteiger charge is -2.27. The van der Waals surface area contributed by atoms with Gasteiger partial charge in [-0.1, -0.05) is 12.1 Å². The van der Waals surface area contributed by atoms with E-state index < -0.39 is 29.4 Å². The monoisotopic (exact) mass is 449 g/mol. The van der Waals surface area contributed by atoms with E-state index in [1.807, 2.05) is 0 Å². The van der Waals surface area contributed by atoms with Gasteiger partial charge in [-0.2, -0.15) is 13.2 Å². The van der Waals surface area contributed by atoms with Crippen LogP contribution < -0.4 is 5.32 Å². The number of hydrogen-bond donors (Lipinski definition) is 2. The van der Waals surface area contributed by atoms with Crippen LogP contribution in [0.1, 0.15) is 27.9 Å². The fraction of sp³-hybridized carbons (Fsp3) is 0.227. The number of carbonyl (C=O) groups is 2. The Morgan fingerprint density at radius 1 is 1.16 bits per heavy atom. The van der Waals surface area contributed by atoms with E-state index >= 15 is 0 Å². The van der Waals surface area contributed by atoms with Crippen molar-refractivity contribution in [2.24, 2.45) is 0 Å². The molecule has 0 aliphatic carbocycles. The normalized spacial score (nSPS) is 14.1. The predicted octanol–water partition coefficient (Wildman–Crippen LogP) is 4.38. The number of amides is 1. The third-order valence-corrected chi connectivity index (χ3v) is 4.82. The minimum Gasteiger partial charge on any atom is -0.465 e. The first-order valence-electron chi connectivity index (χ1n) is 9.47.